The maximum absolute atomic E-state index is 5.79. The van der Waals surface area contributed by atoms with Crippen molar-refractivity contribution in [3.63, 3.8) is 0 Å². The third kappa shape index (κ3) is 2.77. The summed E-state index contributed by atoms with van der Waals surface area (Å²) >= 11 is 1.72. The average molecular weight is 212 g/mol. The molecule has 2 heterocycles. The summed E-state index contributed by atoms with van der Waals surface area (Å²) in [4.78, 5) is 5.43. The van der Waals surface area contributed by atoms with Crippen LogP contribution < -0.4 is 5.32 Å². The fourth-order valence-corrected chi connectivity index (χ4v) is 2.35. The molecule has 0 saturated carbocycles. The molecule has 1 saturated heterocycles. The van der Waals surface area contributed by atoms with E-state index < -0.39 is 0 Å². The molecule has 4 heteroatoms. The number of ether oxygens (including phenoxy) is 1. The van der Waals surface area contributed by atoms with Crippen LogP contribution in [0.5, 0.6) is 0 Å². The Labute approximate surface area is 88.5 Å². The van der Waals surface area contributed by atoms with E-state index in [0.29, 0.717) is 6.10 Å². The first kappa shape index (κ1) is 10.1. The van der Waals surface area contributed by atoms with Crippen LogP contribution in [0.15, 0.2) is 6.20 Å². The summed E-state index contributed by atoms with van der Waals surface area (Å²) in [5.74, 6) is 0. The van der Waals surface area contributed by atoms with Gasteiger partial charge in [0.25, 0.3) is 0 Å². The summed E-state index contributed by atoms with van der Waals surface area (Å²) < 4.78 is 5.79. The molecule has 14 heavy (non-hydrogen) atoms. The fourth-order valence-electron chi connectivity index (χ4n) is 1.63. The van der Waals surface area contributed by atoms with Crippen LogP contribution in [-0.4, -0.2) is 24.2 Å². The van der Waals surface area contributed by atoms with Crippen molar-refractivity contribution in [3.05, 3.63) is 16.1 Å². The summed E-state index contributed by atoms with van der Waals surface area (Å²) in [6.45, 7) is 4.88. The normalized spacial score (nSPS) is 22.5. The molecule has 0 bridgehead atoms. The van der Waals surface area contributed by atoms with E-state index in [-0.39, 0.29) is 0 Å². The van der Waals surface area contributed by atoms with Crippen molar-refractivity contribution in [1.82, 2.24) is 10.3 Å². The van der Waals surface area contributed by atoms with Gasteiger partial charge in [-0.15, -0.1) is 11.3 Å². The van der Waals surface area contributed by atoms with Crippen LogP contribution in [0.25, 0.3) is 0 Å². The molecule has 78 valence electrons. The standard InChI is InChI=1S/C10H16N2OS/c1-8-12-6-10(14-8)7-13-9-3-2-4-11-5-9/h6,9,11H,2-5,7H2,1H3. The summed E-state index contributed by atoms with van der Waals surface area (Å²) in [6, 6.07) is 0. The van der Waals surface area contributed by atoms with Crippen LogP contribution in [0.2, 0.25) is 0 Å². The Bertz CT molecular complexity index is 281. The zero-order valence-corrected chi connectivity index (χ0v) is 9.27. The summed E-state index contributed by atoms with van der Waals surface area (Å²) in [5.41, 5.74) is 0. The molecule has 0 radical (unpaired) electrons. The Kier molecular flexibility index (Phi) is 3.50. The van der Waals surface area contributed by atoms with Gasteiger partial charge >= 0.3 is 0 Å². The molecule has 0 amide bonds. The summed E-state index contributed by atoms with van der Waals surface area (Å²) in [6.07, 6.45) is 4.72. The lowest BCUT2D eigenvalue weighted by Crippen LogP contribution is -2.35. The van der Waals surface area contributed by atoms with Gasteiger partial charge in [-0.1, -0.05) is 0 Å². The van der Waals surface area contributed by atoms with E-state index in [2.05, 4.69) is 10.3 Å². The second kappa shape index (κ2) is 4.87. The van der Waals surface area contributed by atoms with E-state index in [1.165, 1.54) is 17.7 Å². The van der Waals surface area contributed by atoms with Gasteiger partial charge in [0, 0.05) is 12.7 Å². The van der Waals surface area contributed by atoms with Crippen molar-refractivity contribution in [2.45, 2.75) is 32.5 Å². The number of aryl methyl sites for hydroxylation is 1. The highest BCUT2D eigenvalue weighted by atomic mass is 32.1. The monoisotopic (exact) mass is 212 g/mol. The number of nitrogens with zero attached hydrogens (tertiary/aromatic N) is 1. The van der Waals surface area contributed by atoms with E-state index in [1.807, 2.05) is 13.1 Å². The number of hydrogen-bond donors (Lipinski definition) is 1. The highest BCUT2D eigenvalue weighted by Crippen LogP contribution is 2.15. The number of aromatic nitrogens is 1. The summed E-state index contributed by atoms with van der Waals surface area (Å²) in [5, 5.41) is 4.46. The van der Waals surface area contributed by atoms with E-state index in [1.54, 1.807) is 11.3 Å². The second-order valence-electron chi connectivity index (χ2n) is 3.62. The Morgan fingerprint density at radius 3 is 3.29 bits per heavy atom. The van der Waals surface area contributed by atoms with Gasteiger partial charge in [-0.3, -0.25) is 0 Å². The average Bonchev–Trinajstić information content (AvgIpc) is 2.63. The van der Waals surface area contributed by atoms with Crippen LogP contribution in [0.3, 0.4) is 0 Å². The van der Waals surface area contributed by atoms with E-state index in [4.69, 9.17) is 4.74 Å². The van der Waals surface area contributed by atoms with Crippen molar-refractivity contribution in [3.8, 4) is 0 Å². The van der Waals surface area contributed by atoms with Gasteiger partial charge in [0.15, 0.2) is 0 Å². The van der Waals surface area contributed by atoms with Gasteiger partial charge in [-0.05, 0) is 26.3 Å². The first-order chi connectivity index (χ1) is 6.84. The number of nitrogens with one attached hydrogen (secondary N) is 1. The zero-order chi connectivity index (χ0) is 9.80. The summed E-state index contributed by atoms with van der Waals surface area (Å²) in [7, 11) is 0. The smallest absolute Gasteiger partial charge is 0.0897 e. The van der Waals surface area contributed by atoms with Crippen LogP contribution in [0.1, 0.15) is 22.7 Å². The molecule has 1 fully saturated rings. The molecule has 0 aromatic carbocycles. The molecule has 1 aliphatic rings. The minimum absolute atomic E-state index is 0.395. The maximum atomic E-state index is 5.79. The Morgan fingerprint density at radius 2 is 2.64 bits per heavy atom. The molecule has 1 aromatic rings. The quantitative estimate of drug-likeness (QED) is 0.828. The molecule has 0 aliphatic carbocycles. The SMILES string of the molecule is Cc1ncc(COC2CCCNC2)s1. The maximum Gasteiger partial charge on any atom is 0.0897 e. The zero-order valence-electron chi connectivity index (χ0n) is 8.45. The third-order valence-electron chi connectivity index (χ3n) is 2.38. The van der Waals surface area contributed by atoms with Crippen molar-refractivity contribution in [2.24, 2.45) is 0 Å². The number of hydrogen-bond acceptors (Lipinski definition) is 4. The van der Waals surface area contributed by atoms with Crippen molar-refractivity contribution < 1.29 is 4.74 Å². The Balaban J connectivity index is 1.76. The molecule has 1 aromatic heterocycles. The van der Waals surface area contributed by atoms with Crippen LogP contribution in [0, 0.1) is 6.92 Å². The molecule has 0 spiro atoms. The Hall–Kier alpha value is -0.450. The third-order valence-corrected chi connectivity index (χ3v) is 3.27. The predicted molar refractivity (Wildman–Crippen MR) is 57.5 cm³/mol. The molecular formula is C10H16N2OS. The lowest BCUT2D eigenvalue weighted by Gasteiger charge is -2.22. The van der Waals surface area contributed by atoms with Crippen LogP contribution >= 0.6 is 11.3 Å². The minimum atomic E-state index is 0.395. The van der Waals surface area contributed by atoms with E-state index in [9.17, 15) is 0 Å². The number of thiazole rings is 1. The second-order valence-corrected chi connectivity index (χ2v) is 4.94. The van der Waals surface area contributed by atoms with E-state index in [0.717, 1.165) is 24.7 Å². The Morgan fingerprint density at radius 1 is 1.71 bits per heavy atom. The van der Waals surface area contributed by atoms with Gasteiger partial charge in [0.2, 0.25) is 0 Å². The van der Waals surface area contributed by atoms with Gasteiger partial charge in [-0.25, -0.2) is 4.98 Å². The van der Waals surface area contributed by atoms with Crippen LogP contribution in [-0.2, 0) is 11.3 Å². The highest BCUT2D eigenvalue weighted by Gasteiger charge is 2.13. The molecular weight excluding hydrogens is 196 g/mol. The number of rotatable bonds is 3. The molecule has 2 rings (SSSR count). The van der Waals surface area contributed by atoms with Crippen LogP contribution in [0.4, 0.5) is 0 Å². The molecule has 1 N–H and O–H groups in total. The molecule has 1 aliphatic heterocycles. The lowest BCUT2D eigenvalue weighted by atomic mass is 10.1. The van der Waals surface area contributed by atoms with Gasteiger partial charge in [0.1, 0.15) is 0 Å². The van der Waals surface area contributed by atoms with Crippen molar-refractivity contribution >= 4 is 11.3 Å². The highest BCUT2D eigenvalue weighted by molar-refractivity contribution is 7.11. The minimum Gasteiger partial charge on any atom is -0.371 e. The van der Waals surface area contributed by atoms with Crippen molar-refractivity contribution in [1.29, 1.82) is 0 Å². The lowest BCUT2D eigenvalue weighted by molar-refractivity contribution is 0.0266. The molecule has 3 nitrogen and oxygen atoms in total. The van der Waals surface area contributed by atoms with Gasteiger partial charge < -0.3 is 10.1 Å². The fraction of sp³-hybridized carbons (Fsp3) is 0.700. The largest absolute Gasteiger partial charge is 0.371 e. The predicted octanol–water partition coefficient (Wildman–Crippen LogP) is 1.72. The molecule has 1 atom stereocenters. The first-order valence-corrected chi connectivity index (χ1v) is 5.90. The van der Waals surface area contributed by atoms with Gasteiger partial charge in [-0.2, -0.15) is 0 Å². The topological polar surface area (TPSA) is 34.1 Å². The van der Waals surface area contributed by atoms with Gasteiger partial charge in [0.05, 0.1) is 22.6 Å². The number of piperidine rings is 1. The molecule has 1 unspecified atom stereocenters. The van der Waals surface area contributed by atoms with E-state index >= 15 is 0 Å². The van der Waals surface area contributed by atoms with Crippen molar-refractivity contribution in [2.75, 3.05) is 13.1 Å². The first-order valence-electron chi connectivity index (χ1n) is 5.08.